The fourth-order valence-electron chi connectivity index (χ4n) is 4.09. The van der Waals surface area contributed by atoms with Gasteiger partial charge in [-0.2, -0.15) is 12.6 Å². The summed E-state index contributed by atoms with van der Waals surface area (Å²) >= 11 is 4.33. The monoisotopic (exact) mass is 434 g/mol. The van der Waals surface area contributed by atoms with E-state index in [1.807, 2.05) is 0 Å². The van der Waals surface area contributed by atoms with Crippen LogP contribution in [0.4, 0.5) is 0 Å². The minimum Gasteiger partial charge on any atom is -0.494 e. The van der Waals surface area contributed by atoms with Crippen LogP contribution in [0.1, 0.15) is 134 Å². The van der Waals surface area contributed by atoms with Crippen molar-refractivity contribution < 1.29 is 4.74 Å². The molecule has 0 fully saturated rings. The van der Waals surface area contributed by atoms with Crippen molar-refractivity contribution in [3.05, 3.63) is 29.8 Å². The quantitative estimate of drug-likeness (QED) is 0.150. The molecule has 1 nitrogen and oxygen atoms in total. The smallest absolute Gasteiger partial charge is 0.119 e. The Morgan fingerprint density at radius 1 is 0.667 bits per heavy atom. The van der Waals surface area contributed by atoms with Crippen molar-refractivity contribution in [3.8, 4) is 5.75 Å². The van der Waals surface area contributed by atoms with E-state index in [1.54, 1.807) is 0 Å². The maximum Gasteiger partial charge on any atom is 0.119 e. The second kappa shape index (κ2) is 20.3. The number of hydrogen-bond acceptors (Lipinski definition) is 2. The molecule has 1 atom stereocenters. The minimum absolute atomic E-state index is 0.580. The van der Waals surface area contributed by atoms with E-state index in [9.17, 15) is 0 Å². The predicted octanol–water partition coefficient (Wildman–Crippen LogP) is 9.75. The third-order valence-corrected chi connectivity index (χ3v) is 6.54. The number of thiol groups is 1. The summed E-state index contributed by atoms with van der Waals surface area (Å²) in [5.41, 5.74) is 1.39. The minimum atomic E-state index is 0.580. The first-order valence-electron chi connectivity index (χ1n) is 13.1. The molecule has 1 aromatic carbocycles. The first-order chi connectivity index (χ1) is 14.8. The van der Waals surface area contributed by atoms with Gasteiger partial charge in [0.2, 0.25) is 0 Å². The van der Waals surface area contributed by atoms with Crippen LogP contribution in [0.5, 0.6) is 5.75 Å². The van der Waals surface area contributed by atoms with Crippen molar-refractivity contribution in [2.45, 2.75) is 129 Å². The summed E-state index contributed by atoms with van der Waals surface area (Å²) < 4.78 is 5.90. The molecule has 0 saturated carbocycles. The molecular formula is C28H50OS. The maximum absolute atomic E-state index is 5.90. The predicted molar refractivity (Wildman–Crippen MR) is 138 cm³/mol. The summed E-state index contributed by atoms with van der Waals surface area (Å²) in [6.07, 6.45) is 23.7. The summed E-state index contributed by atoms with van der Waals surface area (Å²) in [7, 11) is 0. The van der Waals surface area contributed by atoms with Crippen LogP contribution in [0, 0.1) is 0 Å². The van der Waals surface area contributed by atoms with Gasteiger partial charge in [-0.25, -0.2) is 0 Å². The first-order valence-corrected chi connectivity index (χ1v) is 13.7. The molecule has 0 spiro atoms. The second-order valence-corrected chi connectivity index (χ2v) is 9.58. The highest BCUT2D eigenvalue weighted by Gasteiger charge is 2.04. The van der Waals surface area contributed by atoms with E-state index in [0.29, 0.717) is 5.92 Å². The molecule has 0 bridgehead atoms. The standard InChI is InChI=1S/C28H50OS/c1-3-4-5-6-7-8-9-10-11-12-13-14-15-16-17-18-24-29-28-21-19-27(20-22-28)26(2)23-25-30/h19-22,26,30H,3-18,23-25H2,1-2H3. The van der Waals surface area contributed by atoms with Gasteiger partial charge in [-0.15, -0.1) is 0 Å². The van der Waals surface area contributed by atoms with Crippen molar-refractivity contribution >= 4 is 12.6 Å². The molecule has 0 radical (unpaired) electrons. The van der Waals surface area contributed by atoms with Crippen LogP contribution in [0.3, 0.4) is 0 Å². The lowest BCUT2D eigenvalue weighted by atomic mass is 9.99. The van der Waals surface area contributed by atoms with Crippen LogP contribution in [-0.4, -0.2) is 12.4 Å². The van der Waals surface area contributed by atoms with Crippen LogP contribution in [0.2, 0.25) is 0 Å². The van der Waals surface area contributed by atoms with Crippen LogP contribution >= 0.6 is 12.6 Å². The molecule has 0 heterocycles. The lowest BCUT2D eigenvalue weighted by Crippen LogP contribution is -1.98. The van der Waals surface area contributed by atoms with E-state index in [2.05, 4.69) is 50.7 Å². The van der Waals surface area contributed by atoms with Gasteiger partial charge in [0.1, 0.15) is 5.75 Å². The van der Waals surface area contributed by atoms with Crippen LogP contribution in [0.25, 0.3) is 0 Å². The van der Waals surface area contributed by atoms with Gasteiger partial charge in [-0.1, -0.05) is 122 Å². The average Bonchev–Trinajstić information content (AvgIpc) is 2.76. The number of unbranched alkanes of at least 4 members (excludes halogenated alkanes) is 15. The van der Waals surface area contributed by atoms with Gasteiger partial charge in [0.25, 0.3) is 0 Å². The summed E-state index contributed by atoms with van der Waals surface area (Å²) in [5, 5.41) is 0. The fourth-order valence-corrected chi connectivity index (χ4v) is 4.48. The zero-order chi connectivity index (χ0) is 21.7. The Bertz CT molecular complexity index is 470. The molecule has 0 aromatic heterocycles. The molecule has 0 aliphatic rings. The van der Waals surface area contributed by atoms with Crippen molar-refractivity contribution in [1.82, 2.24) is 0 Å². The van der Waals surface area contributed by atoms with Gasteiger partial charge < -0.3 is 4.74 Å². The molecule has 30 heavy (non-hydrogen) atoms. The Hall–Kier alpha value is -0.630. The van der Waals surface area contributed by atoms with E-state index < -0.39 is 0 Å². The Labute approximate surface area is 194 Å². The molecule has 1 rings (SSSR count). The lowest BCUT2D eigenvalue weighted by molar-refractivity contribution is 0.304. The molecule has 2 heteroatoms. The van der Waals surface area contributed by atoms with Crippen molar-refractivity contribution in [1.29, 1.82) is 0 Å². The van der Waals surface area contributed by atoms with Crippen molar-refractivity contribution in [2.75, 3.05) is 12.4 Å². The third kappa shape index (κ3) is 15.2. The molecular weight excluding hydrogens is 384 g/mol. The number of hydrogen-bond donors (Lipinski definition) is 1. The van der Waals surface area contributed by atoms with E-state index in [-0.39, 0.29) is 0 Å². The topological polar surface area (TPSA) is 9.23 Å². The lowest BCUT2D eigenvalue weighted by Gasteiger charge is -2.11. The van der Waals surface area contributed by atoms with Crippen molar-refractivity contribution in [3.63, 3.8) is 0 Å². The van der Waals surface area contributed by atoms with Gasteiger partial charge in [-0.05, 0) is 42.2 Å². The van der Waals surface area contributed by atoms with Gasteiger partial charge in [0.05, 0.1) is 6.61 Å². The largest absolute Gasteiger partial charge is 0.494 e. The SMILES string of the molecule is CCCCCCCCCCCCCCCCCCOc1ccc(C(C)CCS)cc1. The average molecular weight is 435 g/mol. The number of ether oxygens (including phenoxy) is 1. The van der Waals surface area contributed by atoms with Gasteiger partial charge in [0, 0.05) is 0 Å². The highest BCUT2D eigenvalue weighted by Crippen LogP contribution is 2.22. The summed E-state index contributed by atoms with van der Waals surface area (Å²) in [5.74, 6) is 2.54. The first kappa shape index (κ1) is 27.4. The molecule has 0 saturated heterocycles. The van der Waals surface area contributed by atoms with E-state index in [4.69, 9.17) is 4.74 Å². The molecule has 0 amide bonds. The van der Waals surface area contributed by atoms with Gasteiger partial charge in [-0.3, -0.25) is 0 Å². The number of benzene rings is 1. The highest BCUT2D eigenvalue weighted by atomic mass is 32.1. The van der Waals surface area contributed by atoms with Crippen LogP contribution in [-0.2, 0) is 0 Å². The fraction of sp³-hybridized carbons (Fsp3) is 0.786. The Morgan fingerprint density at radius 2 is 1.10 bits per heavy atom. The van der Waals surface area contributed by atoms with E-state index in [0.717, 1.165) is 24.5 Å². The van der Waals surface area contributed by atoms with Crippen molar-refractivity contribution in [2.24, 2.45) is 0 Å². The summed E-state index contributed by atoms with van der Waals surface area (Å²) in [4.78, 5) is 0. The van der Waals surface area contributed by atoms with Gasteiger partial charge >= 0.3 is 0 Å². The number of rotatable bonds is 21. The van der Waals surface area contributed by atoms with E-state index in [1.165, 1.54) is 108 Å². The molecule has 1 unspecified atom stereocenters. The molecule has 0 N–H and O–H groups in total. The van der Waals surface area contributed by atoms with E-state index >= 15 is 0 Å². The van der Waals surface area contributed by atoms with Crippen LogP contribution in [0.15, 0.2) is 24.3 Å². The highest BCUT2D eigenvalue weighted by molar-refractivity contribution is 7.80. The molecule has 0 aliphatic carbocycles. The zero-order valence-electron chi connectivity index (χ0n) is 20.2. The Balaban J connectivity index is 1.83. The molecule has 0 aliphatic heterocycles. The van der Waals surface area contributed by atoms with Gasteiger partial charge in [0.15, 0.2) is 0 Å². The third-order valence-electron chi connectivity index (χ3n) is 6.28. The molecule has 1 aromatic rings. The Kier molecular flexibility index (Phi) is 18.5. The Morgan fingerprint density at radius 3 is 1.53 bits per heavy atom. The summed E-state index contributed by atoms with van der Waals surface area (Å²) in [6, 6.07) is 8.65. The zero-order valence-corrected chi connectivity index (χ0v) is 21.1. The second-order valence-electron chi connectivity index (χ2n) is 9.13. The molecule has 174 valence electrons. The maximum atomic E-state index is 5.90. The van der Waals surface area contributed by atoms with Crippen LogP contribution < -0.4 is 4.74 Å². The summed E-state index contributed by atoms with van der Waals surface area (Å²) in [6.45, 7) is 5.41. The normalized spacial score (nSPS) is 12.2.